The van der Waals surface area contributed by atoms with Gasteiger partial charge in [0, 0.05) is 52.5 Å². The lowest BCUT2D eigenvalue weighted by molar-refractivity contribution is 0.103. The van der Waals surface area contributed by atoms with Gasteiger partial charge in [-0.15, -0.1) is 0 Å². The summed E-state index contributed by atoms with van der Waals surface area (Å²) in [7, 11) is 0. The van der Waals surface area contributed by atoms with Gasteiger partial charge in [-0.25, -0.2) is 0 Å². The van der Waals surface area contributed by atoms with E-state index in [1.54, 1.807) is 24.6 Å². The SMILES string of the molecule is CCCCC(CC)CC1(CC(CC)CCCC)c2cc(-c3ccc(C(=O)/C=C/Nc4ccccc4)cc3)ccc2-c2ccc(-c3ccc(C(=O)/C=C/Nc4ccccc4)cc3)cc21. The van der Waals surface area contributed by atoms with Crippen molar-refractivity contribution < 1.29 is 9.59 Å². The Morgan fingerprint density at radius 1 is 0.492 bits per heavy atom. The van der Waals surface area contributed by atoms with E-state index in [9.17, 15) is 9.59 Å². The number of carbonyl (C=O) groups excluding carboxylic acids is 2. The molecule has 0 aliphatic heterocycles. The van der Waals surface area contributed by atoms with Gasteiger partial charge in [0.05, 0.1) is 0 Å². The maximum Gasteiger partial charge on any atom is 0.187 e. The number of rotatable bonds is 22. The molecular formula is C59H64N2O2. The average Bonchev–Trinajstić information content (AvgIpc) is 3.59. The summed E-state index contributed by atoms with van der Waals surface area (Å²) in [6.45, 7) is 9.40. The van der Waals surface area contributed by atoms with Gasteiger partial charge in [0.2, 0.25) is 0 Å². The van der Waals surface area contributed by atoms with Gasteiger partial charge in [0.25, 0.3) is 0 Å². The van der Waals surface area contributed by atoms with Crippen LogP contribution in [0.2, 0.25) is 0 Å². The molecule has 4 nitrogen and oxygen atoms in total. The van der Waals surface area contributed by atoms with Crippen LogP contribution in [0.1, 0.15) is 124 Å². The second-order valence-corrected chi connectivity index (χ2v) is 17.4. The molecule has 0 amide bonds. The first-order valence-corrected chi connectivity index (χ1v) is 23.4. The lowest BCUT2D eigenvalue weighted by atomic mass is 9.64. The molecule has 63 heavy (non-hydrogen) atoms. The first-order chi connectivity index (χ1) is 30.8. The monoisotopic (exact) mass is 832 g/mol. The summed E-state index contributed by atoms with van der Waals surface area (Å²) in [6, 6.07) is 50.2. The first kappa shape index (κ1) is 44.8. The number of allylic oxidation sites excluding steroid dienone is 2. The second kappa shape index (κ2) is 21.7. The van der Waals surface area contributed by atoms with E-state index in [1.807, 2.05) is 84.9 Å². The number of hydrogen-bond acceptors (Lipinski definition) is 4. The highest BCUT2D eigenvalue weighted by atomic mass is 16.1. The van der Waals surface area contributed by atoms with Gasteiger partial charge >= 0.3 is 0 Å². The van der Waals surface area contributed by atoms with Gasteiger partial charge in [-0.1, -0.05) is 188 Å². The summed E-state index contributed by atoms with van der Waals surface area (Å²) in [5, 5.41) is 6.38. The van der Waals surface area contributed by atoms with Crippen molar-refractivity contribution in [3.63, 3.8) is 0 Å². The van der Waals surface area contributed by atoms with E-state index >= 15 is 0 Å². The highest BCUT2D eigenvalue weighted by molar-refractivity contribution is 6.05. The molecule has 2 atom stereocenters. The fourth-order valence-corrected chi connectivity index (χ4v) is 9.59. The van der Waals surface area contributed by atoms with E-state index in [0.29, 0.717) is 23.0 Å². The molecule has 0 bridgehead atoms. The maximum absolute atomic E-state index is 13.2. The van der Waals surface area contributed by atoms with Crippen molar-refractivity contribution >= 4 is 22.9 Å². The molecular weight excluding hydrogens is 769 g/mol. The third kappa shape index (κ3) is 10.9. The molecule has 6 aromatic rings. The number of anilines is 2. The fourth-order valence-electron chi connectivity index (χ4n) is 9.59. The van der Waals surface area contributed by atoms with Crippen molar-refractivity contribution in [2.45, 2.75) is 97.3 Å². The molecule has 0 saturated heterocycles. The zero-order valence-corrected chi connectivity index (χ0v) is 37.7. The predicted octanol–water partition coefficient (Wildman–Crippen LogP) is 16.1. The zero-order chi connectivity index (χ0) is 44.0. The molecule has 2 N–H and O–H groups in total. The standard InChI is InChI=1S/C59H64N2O2/c1-5-9-17-43(7-3)41-59(42-44(8-4)18-10-6-2)55-39-49(45-23-27-47(28-24-45)57(62)35-37-60-51-19-13-11-14-20-51)31-33-53(55)54-34-32-50(40-56(54)59)46-25-29-48(30-26-46)58(63)36-38-61-52-21-15-12-16-22-52/h11-16,19-40,43-44,60-61H,5-10,17-18,41-42H2,1-4H3/b37-35+,38-36+. The molecule has 0 fully saturated rings. The minimum absolute atomic E-state index is 0.0335. The quantitative estimate of drug-likeness (QED) is 0.0528. The largest absolute Gasteiger partial charge is 0.362 e. The molecule has 1 aliphatic rings. The Kier molecular flexibility index (Phi) is 15.4. The van der Waals surface area contributed by atoms with Crippen LogP contribution in [0.15, 0.2) is 170 Å². The molecule has 0 saturated carbocycles. The molecule has 1 aliphatic carbocycles. The number of unbranched alkanes of at least 4 members (excludes halogenated alkanes) is 2. The topological polar surface area (TPSA) is 58.2 Å². The normalized spacial score (nSPS) is 13.7. The number of benzene rings is 6. The fraction of sp³-hybridized carbons (Fsp3) is 0.288. The molecule has 0 heterocycles. The maximum atomic E-state index is 13.2. The molecule has 0 radical (unpaired) electrons. The van der Waals surface area contributed by atoms with Crippen molar-refractivity contribution in [3.8, 4) is 33.4 Å². The Morgan fingerprint density at radius 3 is 1.24 bits per heavy atom. The minimum Gasteiger partial charge on any atom is -0.362 e. The molecule has 0 aromatic heterocycles. The third-order valence-electron chi connectivity index (χ3n) is 13.2. The van der Waals surface area contributed by atoms with Crippen molar-refractivity contribution in [2.75, 3.05) is 10.6 Å². The zero-order valence-electron chi connectivity index (χ0n) is 37.7. The van der Waals surface area contributed by atoms with Crippen molar-refractivity contribution in [3.05, 3.63) is 192 Å². The van der Waals surface area contributed by atoms with Crippen LogP contribution < -0.4 is 10.6 Å². The minimum atomic E-state index is -0.154. The number of para-hydroxylation sites is 2. The molecule has 2 unspecified atom stereocenters. The van der Waals surface area contributed by atoms with Gasteiger partial charge in [-0.3, -0.25) is 9.59 Å². The van der Waals surface area contributed by atoms with Crippen LogP contribution in [0.5, 0.6) is 0 Å². The summed E-state index contributed by atoms with van der Waals surface area (Å²) in [4.78, 5) is 26.3. The lowest BCUT2D eigenvalue weighted by Gasteiger charge is -2.39. The van der Waals surface area contributed by atoms with Crippen LogP contribution in [0.4, 0.5) is 11.4 Å². The van der Waals surface area contributed by atoms with Crippen molar-refractivity contribution in [1.29, 1.82) is 0 Å². The molecule has 4 heteroatoms. The highest BCUT2D eigenvalue weighted by Crippen LogP contribution is 2.57. The number of fused-ring (bicyclic) bond motifs is 3. The van der Waals surface area contributed by atoms with Crippen molar-refractivity contribution in [1.82, 2.24) is 0 Å². The molecule has 0 spiro atoms. The third-order valence-corrected chi connectivity index (χ3v) is 13.2. The van der Waals surface area contributed by atoms with Crippen LogP contribution in [0.25, 0.3) is 33.4 Å². The summed E-state index contributed by atoms with van der Waals surface area (Å²) < 4.78 is 0. The summed E-state index contributed by atoms with van der Waals surface area (Å²) >= 11 is 0. The second-order valence-electron chi connectivity index (χ2n) is 17.4. The number of carbonyl (C=O) groups is 2. The van der Waals surface area contributed by atoms with E-state index in [1.165, 1.54) is 71.9 Å². The molecule has 7 rings (SSSR count). The van der Waals surface area contributed by atoms with Gasteiger partial charge in [0.1, 0.15) is 0 Å². The summed E-state index contributed by atoms with van der Waals surface area (Å²) in [6.07, 6.45) is 18.5. The summed E-state index contributed by atoms with van der Waals surface area (Å²) in [5.41, 5.74) is 13.2. The molecule has 6 aromatic carbocycles. The van der Waals surface area contributed by atoms with Crippen LogP contribution in [0, 0.1) is 11.8 Å². The Bertz CT molecular complexity index is 2310. The number of nitrogens with one attached hydrogen (secondary N) is 2. The van der Waals surface area contributed by atoms with Gasteiger partial charge in [-0.2, -0.15) is 0 Å². The Morgan fingerprint density at radius 2 is 0.873 bits per heavy atom. The van der Waals surface area contributed by atoms with E-state index in [-0.39, 0.29) is 17.0 Å². The van der Waals surface area contributed by atoms with E-state index in [0.717, 1.165) is 48.2 Å². The highest BCUT2D eigenvalue weighted by Gasteiger charge is 2.45. The van der Waals surface area contributed by atoms with Crippen LogP contribution >= 0.6 is 0 Å². The van der Waals surface area contributed by atoms with Crippen LogP contribution in [-0.4, -0.2) is 11.6 Å². The van der Waals surface area contributed by atoms with E-state index in [4.69, 9.17) is 0 Å². The van der Waals surface area contributed by atoms with Gasteiger partial charge in [-0.05, 0) is 106 Å². The summed E-state index contributed by atoms with van der Waals surface area (Å²) in [5.74, 6) is 1.14. The van der Waals surface area contributed by atoms with Crippen LogP contribution in [0.3, 0.4) is 0 Å². The lowest BCUT2D eigenvalue weighted by Crippen LogP contribution is -2.31. The number of hydrogen-bond donors (Lipinski definition) is 2. The predicted molar refractivity (Wildman–Crippen MR) is 266 cm³/mol. The van der Waals surface area contributed by atoms with Gasteiger partial charge in [0.15, 0.2) is 11.6 Å². The van der Waals surface area contributed by atoms with E-state index < -0.39 is 0 Å². The average molecular weight is 833 g/mol. The first-order valence-electron chi connectivity index (χ1n) is 23.4. The van der Waals surface area contributed by atoms with Crippen molar-refractivity contribution in [2.24, 2.45) is 11.8 Å². The Balaban J connectivity index is 1.24. The Hall–Kier alpha value is -6.26. The number of ketones is 2. The van der Waals surface area contributed by atoms with E-state index in [2.05, 4.69) is 99.0 Å². The van der Waals surface area contributed by atoms with Crippen LogP contribution in [-0.2, 0) is 5.41 Å². The Labute approximate surface area is 376 Å². The van der Waals surface area contributed by atoms with Gasteiger partial charge < -0.3 is 10.6 Å². The smallest absolute Gasteiger partial charge is 0.187 e. The molecule has 322 valence electrons.